The third-order valence-corrected chi connectivity index (χ3v) is 8.18. The Morgan fingerprint density at radius 2 is 1.97 bits per heavy atom. The van der Waals surface area contributed by atoms with Gasteiger partial charge in [-0.1, -0.05) is 42.3 Å². The van der Waals surface area contributed by atoms with Gasteiger partial charge in [-0.15, -0.1) is 18.2 Å². The first-order valence-corrected chi connectivity index (χ1v) is 13.3. The van der Waals surface area contributed by atoms with Gasteiger partial charge in [0.05, 0.1) is 18.5 Å². The number of benzene rings is 2. The van der Waals surface area contributed by atoms with Gasteiger partial charge >= 0.3 is 0 Å². The van der Waals surface area contributed by atoms with E-state index in [-0.39, 0.29) is 30.7 Å². The maximum absolute atomic E-state index is 13.6. The minimum Gasteiger partial charge on any atom is -0.384 e. The number of fused-ring (bicyclic) bond motifs is 1. The summed E-state index contributed by atoms with van der Waals surface area (Å²) in [4.78, 5) is 41.3. The van der Waals surface area contributed by atoms with Crippen molar-refractivity contribution in [2.45, 2.75) is 49.6 Å². The highest BCUT2D eigenvalue weighted by Crippen LogP contribution is 2.39. The Morgan fingerprint density at radius 3 is 2.70 bits per heavy atom. The molecule has 2 aliphatic heterocycles. The van der Waals surface area contributed by atoms with E-state index in [1.54, 1.807) is 6.07 Å². The normalized spacial score (nSPS) is 19.2. The smallest absolute Gasteiger partial charge is 0.254 e. The fourth-order valence-electron chi connectivity index (χ4n) is 4.90. The molecular weight excluding hydrogens is 488 g/mol. The van der Waals surface area contributed by atoms with E-state index in [4.69, 9.17) is 6.42 Å². The molecule has 4 rings (SSSR count). The summed E-state index contributed by atoms with van der Waals surface area (Å²) in [6.07, 6.45) is 4.70. The van der Waals surface area contributed by atoms with Crippen LogP contribution in [0.25, 0.3) is 0 Å². The molecule has 9 heteroatoms. The second kappa shape index (κ2) is 11.3. The summed E-state index contributed by atoms with van der Waals surface area (Å²) in [6.45, 7) is 4.55. The summed E-state index contributed by atoms with van der Waals surface area (Å²) in [5.74, 6) is 1.27. The molecule has 0 saturated carbocycles. The molecule has 0 spiro atoms. The SMILES string of the molecule is C#CCNC(=O)C1N(C(=O)[C@@H](O)[C@H](Cc2ccccc2)NC(=O)c2cccc3c2CCN3)CSC1(C)C. The van der Waals surface area contributed by atoms with Crippen LogP contribution >= 0.6 is 11.8 Å². The van der Waals surface area contributed by atoms with E-state index in [9.17, 15) is 19.5 Å². The quantitative estimate of drug-likeness (QED) is 0.395. The van der Waals surface area contributed by atoms with Gasteiger partial charge in [-0.05, 0) is 49.9 Å². The number of carbonyl (C=O) groups is 3. The Kier molecular flexibility index (Phi) is 8.10. The van der Waals surface area contributed by atoms with Crippen LogP contribution in [0.1, 0.15) is 35.3 Å². The number of rotatable bonds is 8. The number of carbonyl (C=O) groups excluding carboxylic acids is 3. The molecule has 194 valence electrons. The number of anilines is 1. The first-order valence-electron chi connectivity index (χ1n) is 12.3. The van der Waals surface area contributed by atoms with Crippen LogP contribution in [0.15, 0.2) is 48.5 Å². The molecule has 8 nitrogen and oxygen atoms in total. The molecule has 0 aromatic heterocycles. The minimum atomic E-state index is -1.56. The van der Waals surface area contributed by atoms with Crippen LogP contribution in [0.5, 0.6) is 0 Å². The molecule has 0 aliphatic carbocycles. The number of terminal acetylenes is 1. The van der Waals surface area contributed by atoms with E-state index in [2.05, 4.69) is 21.9 Å². The molecule has 37 heavy (non-hydrogen) atoms. The summed E-state index contributed by atoms with van der Waals surface area (Å²) < 4.78 is -0.580. The van der Waals surface area contributed by atoms with Crippen molar-refractivity contribution in [2.75, 3.05) is 24.3 Å². The predicted molar refractivity (Wildman–Crippen MR) is 145 cm³/mol. The summed E-state index contributed by atoms with van der Waals surface area (Å²) in [5, 5.41) is 20.2. The lowest BCUT2D eigenvalue weighted by atomic mass is 9.96. The van der Waals surface area contributed by atoms with Gasteiger partial charge in [0.15, 0.2) is 6.10 Å². The van der Waals surface area contributed by atoms with Crippen LogP contribution in [-0.2, 0) is 22.4 Å². The Morgan fingerprint density at radius 1 is 1.22 bits per heavy atom. The number of aliphatic hydroxyl groups is 1. The Labute approximate surface area is 221 Å². The largest absolute Gasteiger partial charge is 0.384 e. The van der Waals surface area contributed by atoms with Crippen molar-refractivity contribution in [1.82, 2.24) is 15.5 Å². The fraction of sp³-hybridized carbons (Fsp3) is 0.393. The van der Waals surface area contributed by atoms with Crippen molar-refractivity contribution in [2.24, 2.45) is 0 Å². The average Bonchev–Trinajstić information content (AvgIpc) is 3.50. The van der Waals surface area contributed by atoms with E-state index in [0.717, 1.165) is 29.8 Å². The Bertz CT molecular complexity index is 1210. The van der Waals surface area contributed by atoms with Crippen LogP contribution in [0.2, 0.25) is 0 Å². The standard InChI is InChI=1S/C28H32N4O4S/c1-4-14-30-26(35)24-28(2,3)37-17-32(24)27(36)23(33)22(16-18-9-6-5-7-10-18)31-25(34)20-11-8-12-21-19(20)13-15-29-21/h1,5-12,22-24,29,33H,13-17H2,2-3H3,(H,30,35)(H,31,34)/t22-,23-,24?/m0/s1. The van der Waals surface area contributed by atoms with Gasteiger partial charge in [0.2, 0.25) is 5.91 Å². The van der Waals surface area contributed by atoms with Gasteiger partial charge < -0.3 is 26.0 Å². The highest BCUT2D eigenvalue weighted by molar-refractivity contribution is 8.00. The van der Waals surface area contributed by atoms with Crippen LogP contribution in [-0.4, -0.2) is 69.6 Å². The summed E-state index contributed by atoms with van der Waals surface area (Å²) in [6, 6.07) is 13.1. The zero-order chi connectivity index (χ0) is 26.6. The van der Waals surface area contributed by atoms with Gasteiger partial charge in [0.25, 0.3) is 11.8 Å². The fourth-order valence-corrected chi connectivity index (χ4v) is 6.04. The molecule has 3 amide bonds. The summed E-state index contributed by atoms with van der Waals surface area (Å²) >= 11 is 1.45. The van der Waals surface area contributed by atoms with Crippen molar-refractivity contribution >= 4 is 35.2 Å². The first kappa shape index (κ1) is 26.6. The highest BCUT2D eigenvalue weighted by atomic mass is 32.2. The van der Waals surface area contributed by atoms with Gasteiger partial charge in [-0.3, -0.25) is 14.4 Å². The summed E-state index contributed by atoms with van der Waals surface area (Å²) in [5.41, 5.74) is 3.21. The number of hydrogen-bond acceptors (Lipinski definition) is 6. The van der Waals surface area contributed by atoms with Gasteiger partial charge in [0.1, 0.15) is 6.04 Å². The van der Waals surface area contributed by atoms with E-state index in [0.29, 0.717) is 5.56 Å². The highest BCUT2D eigenvalue weighted by Gasteiger charge is 2.49. The van der Waals surface area contributed by atoms with Gasteiger partial charge in [0, 0.05) is 22.5 Å². The molecule has 1 unspecified atom stereocenters. The van der Waals surface area contributed by atoms with Crippen LogP contribution in [0, 0.1) is 12.3 Å². The number of nitrogens with one attached hydrogen (secondary N) is 3. The minimum absolute atomic E-state index is 0.0452. The molecule has 2 aromatic rings. The molecule has 0 bridgehead atoms. The van der Waals surface area contributed by atoms with Crippen molar-refractivity contribution in [1.29, 1.82) is 0 Å². The second-order valence-electron chi connectivity index (χ2n) is 9.73. The molecule has 2 aromatic carbocycles. The van der Waals surface area contributed by atoms with Gasteiger partial charge in [-0.2, -0.15) is 0 Å². The third-order valence-electron chi connectivity index (χ3n) is 6.80. The molecule has 1 saturated heterocycles. The van der Waals surface area contributed by atoms with Crippen molar-refractivity contribution < 1.29 is 19.5 Å². The predicted octanol–water partition coefficient (Wildman–Crippen LogP) is 1.79. The molecule has 4 N–H and O–H groups in total. The van der Waals surface area contributed by atoms with Crippen molar-refractivity contribution in [3.63, 3.8) is 0 Å². The van der Waals surface area contributed by atoms with E-state index in [1.165, 1.54) is 16.7 Å². The number of nitrogens with zero attached hydrogens (tertiary/aromatic N) is 1. The van der Waals surface area contributed by atoms with E-state index < -0.39 is 28.8 Å². The number of aliphatic hydroxyl groups excluding tert-OH is 1. The van der Waals surface area contributed by atoms with Crippen molar-refractivity contribution in [3.05, 3.63) is 65.2 Å². The molecule has 0 radical (unpaired) electrons. The number of amides is 3. The second-order valence-corrected chi connectivity index (χ2v) is 11.3. The first-order chi connectivity index (χ1) is 17.7. The lowest BCUT2D eigenvalue weighted by Gasteiger charge is -2.33. The topological polar surface area (TPSA) is 111 Å². The van der Waals surface area contributed by atoms with Crippen LogP contribution in [0.4, 0.5) is 5.69 Å². The maximum Gasteiger partial charge on any atom is 0.254 e. The molecule has 2 heterocycles. The number of thioether (sulfide) groups is 1. The Balaban J connectivity index is 1.59. The summed E-state index contributed by atoms with van der Waals surface area (Å²) in [7, 11) is 0. The van der Waals surface area contributed by atoms with Crippen LogP contribution < -0.4 is 16.0 Å². The van der Waals surface area contributed by atoms with Gasteiger partial charge in [-0.25, -0.2) is 0 Å². The Hall–Kier alpha value is -3.48. The molecule has 1 fully saturated rings. The lowest BCUT2D eigenvalue weighted by molar-refractivity contribution is -0.147. The third kappa shape index (κ3) is 5.76. The molecule has 2 aliphatic rings. The molecule has 3 atom stereocenters. The van der Waals surface area contributed by atoms with E-state index in [1.807, 2.05) is 56.3 Å². The van der Waals surface area contributed by atoms with E-state index >= 15 is 0 Å². The monoisotopic (exact) mass is 520 g/mol. The van der Waals surface area contributed by atoms with Crippen LogP contribution in [0.3, 0.4) is 0 Å². The van der Waals surface area contributed by atoms with Crippen molar-refractivity contribution in [3.8, 4) is 12.3 Å². The number of hydrogen-bond donors (Lipinski definition) is 4. The average molecular weight is 521 g/mol. The zero-order valence-electron chi connectivity index (χ0n) is 21.0. The molecular formula is C28H32N4O4S. The zero-order valence-corrected chi connectivity index (χ0v) is 21.8. The maximum atomic E-state index is 13.6. The lowest BCUT2D eigenvalue weighted by Crippen LogP contribution is -2.58.